The molecule has 7 atom stereocenters. The maximum absolute atomic E-state index is 13.2. The van der Waals surface area contributed by atoms with Gasteiger partial charge in [0.15, 0.2) is 0 Å². The highest BCUT2D eigenvalue weighted by Gasteiger charge is 2.32. The summed E-state index contributed by atoms with van der Waals surface area (Å²) in [6.07, 6.45) is 21.0. The molecule has 3 saturated heterocycles. The Morgan fingerprint density at radius 2 is 1.71 bits per heavy atom. The van der Waals surface area contributed by atoms with Crippen molar-refractivity contribution in [3.05, 3.63) is 36.0 Å². The van der Waals surface area contributed by atoms with Crippen LogP contribution < -0.4 is 5.32 Å². The second-order valence-electron chi connectivity index (χ2n) is 12.7. The molecule has 0 saturated carbocycles. The van der Waals surface area contributed by atoms with Crippen LogP contribution in [-0.2, 0) is 23.7 Å². The van der Waals surface area contributed by atoms with Crippen LogP contribution in [0.15, 0.2) is 36.0 Å². The van der Waals surface area contributed by atoms with Crippen LogP contribution in [0.25, 0.3) is 0 Å². The van der Waals surface area contributed by atoms with E-state index in [1.165, 1.54) is 12.0 Å². The van der Waals surface area contributed by atoms with E-state index < -0.39 is 0 Å². The maximum atomic E-state index is 13.2. The third-order valence-electron chi connectivity index (χ3n) is 8.99. The molecular weight excluding hydrogens is 532 g/mol. The largest absolute Gasteiger partial charge is 0.457 e. The molecule has 236 valence electrons. The third-order valence-corrected chi connectivity index (χ3v) is 8.99. The molecule has 4 heterocycles. The van der Waals surface area contributed by atoms with Gasteiger partial charge in [-0.3, -0.25) is 4.79 Å². The molecule has 4 aliphatic heterocycles. The number of morpholine rings is 1. The molecule has 4 aliphatic rings. The molecule has 4 rings (SSSR count). The van der Waals surface area contributed by atoms with Gasteiger partial charge in [-0.2, -0.15) is 0 Å². The number of amides is 2. The fourth-order valence-electron chi connectivity index (χ4n) is 6.52. The number of fused-ring (bicyclic) bond motifs is 4. The SMILES string of the molecule is CC=C1CC2CC(=O)OC(C=CCCCCNC(=O)N3CCOCC3)C(C)C=CC(C)CC3CCCC(CC(C1)O2)O3. The zero-order valence-corrected chi connectivity index (χ0v) is 26.1. The van der Waals surface area contributed by atoms with E-state index in [0.717, 1.165) is 57.8 Å². The van der Waals surface area contributed by atoms with Gasteiger partial charge in [-0.1, -0.05) is 43.7 Å². The molecule has 2 amide bonds. The first-order valence-corrected chi connectivity index (χ1v) is 16.5. The highest BCUT2D eigenvalue weighted by atomic mass is 16.6. The molecular formula is C34H54N2O6. The number of hydrogen-bond donors (Lipinski definition) is 1. The lowest BCUT2D eigenvalue weighted by molar-refractivity contribution is -0.154. The molecule has 0 aromatic carbocycles. The van der Waals surface area contributed by atoms with E-state index in [2.05, 4.69) is 50.4 Å². The van der Waals surface area contributed by atoms with Gasteiger partial charge < -0.3 is 29.2 Å². The van der Waals surface area contributed by atoms with E-state index in [1.807, 2.05) is 6.08 Å². The van der Waals surface area contributed by atoms with Crippen LogP contribution in [0.4, 0.5) is 4.79 Å². The van der Waals surface area contributed by atoms with Crippen molar-refractivity contribution >= 4 is 12.0 Å². The van der Waals surface area contributed by atoms with Crippen LogP contribution in [0, 0.1) is 11.8 Å². The van der Waals surface area contributed by atoms with Gasteiger partial charge in [0.05, 0.1) is 44.1 Å². The molecule has 42 heavy (non-hydrogen) atoms. The fraction of sp³-hybridized carbons (Fsp3) is 0.765. The summed E-state index contributed by atoms with van der Waals surface area (Å²) in [5.74, 6) is 0.243. The zero-order chi connectivity index (χ0) is 29.7. The lowest BCUT2D eigenvalue weighted by Crippen LogP contribution is -2.46. The summed E-state index contributed by atoms with van der Waals surface area (Å²) < 4.78 is 24.4. The Labute approximate surface area is 253 Å². The van der Waals surface area contributed by atoms with E-state index in [-0.39, 0.29) is 48.8 Å². The number of carbonyl (C=O) groups is 2. The summed E-state index contributed by atoms with van der Waals surface area (Å²) in [6, 6.07) is -0.00803. The molecule has 0 aromatic heterocycles. The van der Waals surface area contributed by atoms with E-state index in [9.17, 15) is 9.59 Å². The van der Waals surface area contributed by atoms with Gasteiger partial charge in [0.25, 0.3) is 0 Å². The third kappa shape index (κ3) is 10.8. The van der Waals surface area contributed by atoms with Crippen LogP contribution in [0.1, 0.15) is 91.4 Å². The molecule has 1 N–H and O–H groups in total. The Hall–Kier alpha value is -2.16. The summed E-state index contributed by atoms with van der Waals surface area (Å²) in [6.45, 7) is 9.63. The number of cyclic esters (lactones) is 1. The summed E-state index contributed by atoms with van der Waals surface area (Å²) in [7, 11) is 0. The van der Waals surface area contributed by atoms with Crippen LogP contribution in [0.2, 0.25) is 0 Å². The van der Waals surface area contributed by atoms with Crippen LogP contribution in [0.5, 0.6) is 0 Å². The molecule has 0 radical (unpaired) electrons. The van der Waals surface area contributed by atoms with E-state index in [0.29, 0.717) is 44.9 Å². The van der Waals surface area contributed by atoms with Crippen molar-refractivity contribution < 1.29 is 28.5 Å². The number of ether oxygens (including phenoxy) is 4. The Bertz CT molecular complexity index is 942. The van der Waals surface area contributed by atoms with Gasteiger partial charge in [-0.05, 0) is 76.7 Å². The number of nitrogens with zero attached hydrogens (tertiary/aromatic N) is 1. The van der Waals surface area contributed by atoms with Gasteiger partial charge in [0.2, 0.25) is 0 Å². The van der Waals surface area contributed by atoms with E-state index in [4.69, 9.17) is 18.9 Å². The maximum Gasteiger partial charge on any atom is 0.317 e. The molecule has 7 unspecified atom stereocenters. The van der Waals surface area contributed by atoms with Gasteiger partial charge >= 0.3 is 12.0 Å². The van der Waals surface area contributed by atoms with Crippen molar-refractivity contribution in [2.45, 2.75) is 122 Å². The monoisotopic (exact) mass is 586 g/mol. The summed E-state index contributed by atoms with van der Waals surface area (Å²) >= 11 is 0. The second kappa shape index (κ2) is 17.2. The highest BCUT2D eigenvalue weighted by molar-refractivity contribution is 5.74. The first kappa shape index (κ1) is 32.7. The minimum atomic E-state index is -0.328. The first-order valence-electron chi connectivity index (χ1n) is 16.5. The van der Waals surface area contributed by atoms with E-state index in [1.54, 1.807) is 4.90 Å². The summed E-state index contributed by atoms with van der Waals surface area (Å²) in [5, 5.41) is 3.01. The average Bonchev–Trinajstić information content (AvgIpc) is 2.98. The molecule has 0 aromatic rings. The lowest BCUT2D eigenvalue weighted by Gasteiger charge is -2.37. The molecule has 8 heteroatoms. The highest BCUT2D eigenvalue weighted by Crippen LogP contribution is 2.33. The zero-order valence-electron chi connectivity index (χ0n) is 26.1. The lowest BCUT2D eigenvalue weighted by atomic mass is 9.90. The molecule has 0 spiro atoms. The number of allylic oxidation sites excluding steroid dienone is 3. The smallest absolute Gasteiger partial charge is 0.317 e. The van der Waals surface area contributed by atoms with Crippen molar-refractivity contribution in [1.82, 2.24) is 10.2 Å². The second-order valence-corrected chi connectivity index (χ2v) is 12.7. The first-order chi connectivity index (χ1) is 20.4. The number of hydrogen-bond acceptors (Lipinski definition) is 6. The topological polar surface area (TPSA) is 86.3 Å². The summed E-state index contributed by atoms with van der Waals surface area (Å²) in [4.78, 5) is 27.2. The van der Waals surface area contributed by atoms with Crippen molar-refractivity contribution in [2.24, 2.45) is 11.8 Å². The normalized spacial score (nSPS) is 34.4. The van der Waals surface area contributed by atoms with Crippen LogP contribution in [0.3, 0.4) is 0 Å². The van der Waals surface area contributed by atoms with Gasteiger partial charge in [0, 0.05) is 32.0 Å². The number of urea groups is 1. The number of esters is 1. The predicted molar refractivity (Wildman–Crippen MR) is 164 cm³/mol. The Kier molecular flexibility index (Phi) is 13.4. The Balaban J connectivity index is 1.33. The Morgan fingerprint density at radius 3 is 2.50 bits per heavy atom. The van der Waals surface area contributed by atoms with Crippen LogP contribution >= 0.6 is 0 Å². The minimum Gasteiger partial charge on any atom is -0.457 e. The fourth-order valence-corrected chi connectivity index (χ4v) is 6.52. The predicted octanol–water partition coefficient (Wildman–Crippen LogP) is 6.11. The van der Waals surface area contributed by atoms with Crippen molar-refractivity contribution in [3.8, 4) is 0 Å². The van der Waals surface area contributed by atoms with E-state index >= 15 is 0 Å². The Morgan fingerprint density at radius 1 is 0.976 bits per heavy atom. The minimum absolute atomic E-state index is 0.00803. The number of nitrogens with one attached hydrogen (secondary N) is 1. The molecule has 4 bridgehead atoms. The number of carbonyl (C=O) groups excluding carboxylic acids is 2. The number of rotatable bonds is 6. The standard InChI is InChI=1S/C34H54N2O6/c1-4-27-21-30-23-29-11-9-10-28(40-29)20-25(2)13-14-26(3)32(42-33(37)24-31(22-27)41-30)12-7-5-6-8-15-35-34(38)36-16-18-39-19-17-36/h4,7,12-14,25-26,28-32H,5-6,8-11,15-24H2,1-3H3,(H,35,38). The molecule has 8 nitrogen and oxygen atoms in total. The van der Waals surface area contributed by atoms with Crippen LogP contribution in [-0.4, -0.2) is 80.3 Å². The van der Waals surface area contributed by atoms with Gasteiger partial charge in [0.1, 0.15) is 6.10 Å². The quantitative estimate of drug-likeness (QED) is 0.230. The van der Waals surface area contributed by atoms with Gasteiger partial charge in [-0.15, -0.1) is 0 Å². The van der Waals surface area contributed by atoms with Crippen molar-refractivity contribution in [3.63, 3.8) is 0 Å². The number of unbranched alkanes of at least 4 members (excludes halogenated alkanes) is 2. The molecule has 0 aliphatic carbocycles. The van der Waals surface area contributed by atoms with Crippen molar-refractivity contribution in [2.75, 3.05) is 32.8 Å². The summed E-state index contributed by atoms with van der Waals surface area (Å²) in [5.41, 5.74) is 1.36. The average molecular weight is 587 g/mol. The van der Waals surface area contributed by atoms with Crippen molar-refractivity contribution in [1.29, 1.82) is 0 Å². The van der Waals surface area contributed by atoms with Gasteiger partial charge in [-0.25, -0.2) is 4.79 Å². The molecule has 3 fully saturated rings.